The van der Waals surface area contributed by atoms with Gasteiger partial charge in [0.05, 0.1) is 30.5 Å². The second-order valence-corrected chi connectivity index (χ2v) is 8.94. The number of benzene rings is 3. The summed E-state index contributed by atoms with van der Waals surface area (Å²) in [6.45, 7) is 4.28. The fraction of sp³-hybridized carbons (Fsp3) is 0.250. The molecule has 3 rings (SSSR count). The van der Waals surface area contributed by atoms with Crippen molar-refractivity contribution in [2.24, 2.45) is 5.10 Å². The van der Waals surface area contributed by atoms with Crippen molar-refractivity contribution in [2.75, 3.05) is 13.7 Å². The van der Waals surface area contributed by atoms with E-state index in [4.69, 9.17) is 42.1 Å². The third-order valence-corrected chi connectivity index (χ3v) is 5.73. The lowest BCUT2D eigenvalue weighted by atomic mass is 10.2. The topological polar surface area (TPSA) is 95.5 Å². The van der Waals surface area contributed by atoms with Crippen molar-refractivity contribution in [2.45, 2.75) is 32.8 Å². The molecule has 3 aromatic rings. The van der Waals surface area contributed by atoms with Crippen molar-refractivity contribution in [3.63, 3.8) is 0 Å². The average Bonchev–Trinajstić information content (AvgIpc) is 2.91. The van der Waals surface area contributed by atoms with Crippen LogP contribution >= 0.6 is 23.2 Å². The van der Waals surface area contributed by atoms with Crippen LogP contribution in [0.25, 0.3) is 0 Å². The maximum absolute atomic E-state index is 12.6. The normalized spacial score (nSPS) is 11.6. The summed E-state index contributed by atoms with van der Waals surface area (Å²) in [5, 5.41) is 4.71. The van der Waals surface area contributed by atoms with Gasteiger partial charge >= 0.3 is 5.97 Å². The number of nitrogens with zero attached hydrogens (tertiary/aromatic N) is 1. The highest BCUT2D eigenvalue weighted by Gasteiger charge is 2.16. The van der Waals surface area contributed by atoms with Crippen LogP contribution in [0.5, 0.6) is 23.0 Å². The summed E-state index contributed by atoms with van der Waals surface area (Å²) in [5.41, 5.74) is 3.38. The van der Waals surface area contributed by atoms with Crippen molar-refractivity contribution >= 4 is 41.3 Å². The van der Waals surface area contributed by atoms with Gasteiger partial charge in [-0.25, -0.2) is 10.2 Å². The molecule has 1 N–H and O–H groups in total. The molecule has 200 valence electrons. The molecule has 0 saturated carbocycles. The van der Waals surface area contributed by atoms with E-state index >= 15 is 0 Å². The van der Waals surface area contributed by atoms with E-state index in [1.165, 1.54) is 19.4 Å². The molecule has 0 heterocycles. The second kappa shape index (κ2) is 14.3. The second-order valence-electron chi connectivity index (χ2n) is 8.10. The summed E-state index contributed by atoms with van der Waals surface area (Å²) < 4.78 is 22.1. The van der Waals surface area contributed by atoms with Crippen LogP contribution in [0.4, 0.5) is 0 Å². The molecule has 3 aromatic carbocycles. The molecule has 1 amide bonds. The predicted molar refractivity (Wildman–Crippen MR) is 147 cm³/mol. The van der Waals surface area contributed by atoms with Crippen LogP contribution in [0.2, 0.25) is 10.0 Å². The quantitative estimate of drug-likeness (QED) is 0.0918. The number of carbonyl (C=O) groups excluding carboxylic acids is 2. The van der Waals surface area contributed by atoms with Crippen molar-refractivity contribution in [1.82, 2.24) is 5.43 Å². The summed E-state index contributed by atoms with van der Waals surface area (Å²) in [7, 11) is 1.46. The van der Waals surface area contributed by atoms with Gasteiger partial charge in [0.25, 0.3) is 5.91 Å². The van der Waals surface area contributed by atoms with Gasteiger partial charge in [-0.1, -0.05) is 36.5 Å². The zero-order valence-electron chi connectivity index (χ0n) is 21.2. The van der Waals surface area contributed by atoms with E-state index in [9.17, 15) is 9.59 Å². The number of rotatable bonds is 12. The number of hydrogen-bond acceptors (Lipinski definition) is 7. The number of carbonyl (C=O) groups is 2. The highest BCUT2D eigenvalue weighted by Crippen LogP contribution is 2.29. The van der Waals surface area contributed by atoms with Crippen LogP contribution in [0.1, 0.15) is 42.6 Å². The van der Waals surface area contributed by atoms with E-state index in [0.29, 0.717) is 45.0 Å². The van der Waals surface area contributed by atoms with Gasteiger partial charge in [-0.2, -0.15) is 5.10 Å². The summed E-state index contributed by atoms with van der Waals surface area (Å²) in [6, 6.07) is 16.3. The lowest BCUT2D eigenvalue weighted by Crippen LogP contribution is -2.33. The zero-order valence-corrected chi connectivity index (χ0v) is 22.7. The third kappa shape index (κ3) is 8.39. The molecular formula is C28H28Cl2N2O6. The van der Waals surface area contributed by atoms with Gasteiger partial charge in [-0.05, 0) is 79.6 Å². The van der Waals surface area contributed by atoms with Gasteiger partial charge in [-0.15, -0.1) is 0 Å². The van der Waals surface area contributed by atoms with Gasteiger partial charge in [-0.3, -0.25) is 4.79 Å². The largest absolute Gasteiger partial charge is 0.494 e. The van der Waals surface area contributed by atoms with Crippen molar-refractivity contribution in [3.8, 4) is 23.0 Å². The van der Waals surface area contributed by atoms with Crippen molar-refractivity contribution in [1.29, 1.82) is 0 Å². The Kier molecular flexibility index (Phi) is 10.8. The number of esters is 1. The molecule has 0 bridgehead atoms. The Labute approximate surface area is 231 Å². The molecule has 0 spiro atoms. The van der Waals surface area contributed by atoms with Gasteiger partial charge in [0, 0.05) is 5.02 Å². The molecule has 10 heteroatoms. The Morgan fingerprint density at radius 3 is 2.42 bits per heavy atom. The number of unbranched alkanes of at least 4 members (excludes halogenated alkanes) is 1. The van der Waals surface area contributed by atoms with E-state index in [1.807, 2.05) is 0 Å². The SMILES string of the molecule is CCCCOc1ccc(C(=O)Oc2ccc(C=NNC(=O)C(C)Oc3ccc(Cl)cc3Cl)cc2OC)cc1. The lowest BCUT2D eigenvalue weighted by molar-refractivity contribution is -0.127. The summed E-state index contributed by atoms with van der Waals surface area (Å²) >= 11 is 12.0. The minimum atomic E-state index is -0.862. The predicted octanol–water partition coefficient (Wildman–Crippen LogP) is 6.32. The molecule has 0 fully saturated rings. The molecule has 0 radical (unpaired) electrons. The van der Waals surface area contributed by atoms with Crippen molar-refractivity contribution in [3.05, 3.63) is 81.8 Å². The van der Waals surface area contributed by atoms with Gasteiger partial charge < -0.3 is 18.9 Å². The average molecular weight is 559 g/mol. The molecule has 38 heavy (non-hydrogen) atoms. The molecule has 0 aliphatic rings. The Morgan fingerprint density at radius 1 is 1.00 bits per heavy atom. The first-order valence-corrected chi connectivity index (χ1v) is 12.6. The lowest BCUT2D eigenvalue weighted by Gasteiger charge is -2.14. The van der Waals surface area contributed by atoms with Crippen LogP contribution in [-0.2, 0) is 4.79 Å². The van der Waals surface area contributed by atoms with Crippen LogP contribution in [-0.4, -0.2) is 37.9 Å². The summed E-state index contributed by atoms with van der Waals surface area (Å²) in [5.74, 6) is 0.566. The molecule has 1 atom stereocenters. The van der Waals surface area contributed by atoms with Crippen molar-refractivity contribution < 1.29 is 28.5 Å². The fourth-order valence-electron chi connectivity index (χ4n) is 3.11. The first-order chi connectivity index (χ1) is 18.3. The minimum Gasteiger partial charge on any atom is -0.494 e. The zero-order chi connectivity index (χ0) is 27.5. The molecule has 1 unspecified atom stereocenters. The van der Waals surface area contributed by atoms with Gasteiger partial charge in [0.15, 0.2) is 17.6 Å². The number of nitrogens with one attached hydrogen (secondary N) is 1. The first kappa shape index (κ1) is 28.8. The highest BCUT2D eigenvalue weighted by atomic mass is 35.5. The van der Waals surface area contributed by atoms with E-state index < -0.39 is 18.0 Å². The van der Waals surface area contributed by atoms with Crippen LogP contribution in [0, 0.1) is 0 Å². The minimum absolute atomic E-state index is 0.240. The highest BCUT2D eigenvalue weighted by molar-refractivity contribution is 6.35. The van der Waals surface area contributed by atoms with Gasteiger partial charge in [0.1, 0.15) is 11.5 Å². The van der Waals surface area contributed by atoms with Gasteiger partial charge in [0.2, 0.25) is 0 Å². The van der Waals surface area contributed by atoms with E-state index in [1.54, 1.807) is 61.5 Å². The number of ether oxygens (including phenoxy) is 4. The van der Waals surface area contributed by atoms with Crippen LogP contribution < -0.4 is 24.4 Å². The standard InChI is InChI=1S/C28H28Cl2N2O6/c1-4-5-14-36-22-10-7-20(8-11-22)28(34)38-25-12-6-19(15-26(25)35-3)17-31-32-27(33)18(2)37-24-13-9-21(29)16-23(24)30/h6-13,15-18H,4-5,14H2,1-3H3,(H,32,33). The first-order valence-electron chi connectivity index (χ1n) is 11.9. The Morgan fingerprint density at radius 2 is 1.74 bits per heavy atom. The molecule has 0 aliphatic heterocycles. The van der Waals surface area contributed by atoms with E-state index in [-0.39, 0.29) is 5.75 Å². The maximum atomic E-state index is 12.6. The molecular weight excluding hydrogens is 531 g/mol. The van der Waals surface area contributed by atoms with Crippen LogP contribution in [0.15, 0.2) is 65.8 Å². The fourth-order valence-corrected chi connectivity index (χ4v) is 3.56. The smallest absolute Gasteiger partial charge is 0.343 e. The molecule has 0 aromatic heterocycles. The monoisotopic (exact) mass is 558 g/mol. The summed E-state index contributed by atoms with van der Waals surface area (Å²) in [4.78, 5) is 24.9. The third-order valence-electron chi connectivity index (χ3n) is 5.20. The molecule has 8 nitrogen and oxygen atoms in total. The number of hydrazone groups is 1. The molecule has 0 saturated heterocycles. The van der Waals surface area contributed by atoms with E-state index in [0.717, 1.165) is 12.8 Å². The molecule has 0 aliphatic carbocycles. The number of amides is 1. The van der Waals surface area contributed by atoms with Crippen LogP contribution in [0.3, 0.4) is 0 Å². The summed E-state index contributed by atoms with van der Waals surface area (Å²) in [6.07, 6.45) is 2.56. The number of hydrogen-bond donors (Lipinski definition) is 1. The number of methoxy groups -OCH3 is 1. The number of halogens is 2. The Bertz CT molecular complexity index is 1280. The maximum Gasteiger partial charge on any atom is 0.343 e. The van der Waals surface area contributed by atoms with E-state index in [2.05, 4.69) is 17.5 Å². The Hall–Kier alpha value is -3.75. The Balaban J connectivity index is 1.56.